The van der Waals surface area contributed by atoms with Gasteiger partial charge in [-0.15, -0.1) is 0 Å². The van der Waals surface area contributed by atoms with E-state index >= 15 is 0 Å². The Bertz CT molecular complexity index is 1060. The van der Waals surface area contributed by atoms with E-state index in [4.69, 9.17) is 0 Å². The van der Waals surface area contributed by atoms with Crippen molar-refractivity contribution in [3.63, 3.8) is 0 Å². The molecule has 2 aromatic rings. The molecule has 35 heavy (non-hydrogen) atoms. The van der Waals surface area contributed by atoms with Gasteiger partial charge in [-0.2, -0.15) is 0 Å². The molecule has 6 heteroatoms. The van der Waals surface area contributed by atoms with Gasteiger partial charge >= 0.3 is 0 Å². The third kappa shape index (κ3) is 6.77. The number of hydrogen-bond acceptors (Lipinski definition) is 4. The molecule has 2 unspecified atom stereocenters. The molecule has 5 nitrogen and oxygen atoms in total. The lowest BCUT2D eigenvalue weighted by atomic mass is 9.92. The van der Waals surface area contributed by atoms with Gasteiger partial charge in [-0.1, -0.05) is 68.9 Å². The number of para-hydroxylation sites is 1. The first kappa shape index (κ1) is 25.5. The summed E-state index contributed by atoms with van der Waals surface area (Å²) in [4.78, 5) is 32.0. The Morgan fingerprint density at radius 2 is 1.80 bits per heavy atom. The summed E-state index contributed by atoms with van der Waals surface area (Å²) in [6.07, 6.45) is 5.13. The number of nitrogens with zero attached hydrogens (tertiary/aromatic N) is 2. The molecule has 1 fully saturated rings. The fourth-order valence-corrected chi connectivity index (χ4v) is 6.18. The quantitative estimate of drug-likeness (QED) is 0.407. The highest BCUT2D eigenvalue weighted by Gasteiger charge is 2.30. The Morgan fingerprint density at radius 1 is 1.09 bits per heavy atom. The lowest BCUT2D eigenvalue weighted by Gasteiger charge is -2.35. The molecule has 2 heterocycles. The first-order valence-corrected chi connectivity index (χ1v) is 13.6. The maximum atomic E-state index is 13.4. The molecule has 2 aromatic carbocycles. The molecule has 2 atom stereocenters. The maximum absolute atomic E-state index is 13.4. The van der Waals surface area contributed by atoms with Crippen LogP contribution < -0.4 is 10.2 Å². The molecule has 186 valence electrons. The number of nitrogens with one attached hydrogen (secondary N) is 1. The average Bonchev–Trinajstić information content (AvgIpc) is 2.84. The third-order valence-electron chi connectivity index (χ3n) is 6.74. The standard InChI is InChI=1S/C29H37N3O2S/c1-4-23-10-12-24(13-11-23)17-27-29(34)32(25-8-5-6-9-26(25)35-27)20-28(33)30-14-7-15-31-18-21(2)16-22(3)19-31/h5-6,8-13,17,21-22H,4,7,14-16,18-20H2,1-3H3,(H,30,33)/b27-17+. The Balaban J connectivity index is 1.37. The van der Waals surface area contributed by atoms with E-state index in [1.165, 1.54) is 23.7 Å². The van der Waals surface area contributed by atoms with Gasteiger partial charge in [-0.05, 0) is 67.0 Å². The van der Waals surface area contributed by atoms with Crippen LogP contribution in [0, 0.1) is 11.8 Å². The molecule has 2 aliphatic rings. The summed E-state index contributed by atoms with van der Waals surface area (Å²) in [6.45, 7) is 10.7. The molecule has 1 N–H and O–H groups in total. The van der Waals surface area contributed by atoms with Gasteiger partial charge in [0.05, 0.1) is 10.6 Å². The predicted molar refractivity (Wildman–Crippen MR) is 145 cm³/mol. The smallest absolute Gasteiger partial charge is 0.265 e. The lowest BCUT2D eigenvalue weighted by molar-refractivity contribution is -0.122. The molecule has 2 amide bonds. The maximum Gasteiger partial charge on any atom is 0.265 e. The molecule has 0 saturated carbocycles. The summed E-state index contributed by atoms with van der Waals surface area (Å²) in [7, 11) is 0. The van der Waals surface area contributed by atoms with E-state index < -0.39 is 0 Å². The number of anilines is 1. The van der Waals surface area contributed by atoms with Crippen LogP contribution in [-0.4, -0.2) is 49.4 Å². The molecule has 2 aliphatic heterocycles. The van der Waals surface area contributed by atoms with Crippen LogP contribution in [0.4, 0.5) is 5.69 Å². The van der Waals surface area contributed by atoms with E-state index in [0.29, 0.717) is 11.4 Å². The minimum absolute atomic E-state index is 0.0281. The van der Waals surface area contributed by atoms with E-state index in [0.717, 1.165) is 60.5 Å². The fourth-order valence-electron chi connectivity index (χ4n) is 5.12. The van der Waals surface area contributed by atoms with E-state index in [-0.39, 0.29) is 18.4 Å². The van der Waals surface area contributed by atoms with Gasteiger partial charge in [-0.3, -0.25) is 14.5 Å². The number of benzene rings is 2. The zero-order valence-corrected chi connectivity index (χ0v) is 21.9. The number of rotatable bonds is 8. The zero-order chi connectivity index (χ0) is 24.8. The third-order valence-corrected chi connectivity index (χ3v) is 7.81. The highest BCUT2D eigenvalue weighted by molar-refractivity contribution is 8.04. The second-order valence-electron chi connectivity index (χ2n) is 9.97. The average molecular weight is 492 g/mol. The number of hydrogen-bond donors (Lipinski definition) is 1. The number of carbonyl (C=O) groups is 2. The van der Waals surface area contributed by atoms with Gasteiger partial charge in [0.2, 0.25) is 5.91 Å². The summed E-state index contributed by atoms with van der Waals surface area (Å²) in [6, 6.07) is 16.1. The highest BCUT2D eigenvalue weighted by atomic mass is 32.2. The van der Waals surface area contributed by atoms with Crippen molar-refractivity contribution in [1.29, 1.82) is 0 Å². The van der Waals surface area contributed by atoms with Gasteiger partial charge in [0.25, 0.3) is 5.91 Å². The Labute approximate surface area is 214 Å². The SMILES string of the molecule is CCc1ccc(/C=C2/Sc3ccccc3N(CC(=O)NCCCN3CC(C)CC(C)C3)C2=O)cc1. The van der Waals surface area contributed by atoms with Crippen molar-refractivity contribution in [1.82, 2.24) is 10.2 Å². The number of piperidine rings is 1. The summed E-state index contributed by atoms with van der Waals surface area (Å²) in [5.41, 5.74) is 3.05. The first-order valence-electron chi connectivity index (χ1n) is 12.8. The van der Waals surface area contributed by atoms with Crippen molar-refractivity contribution in [2.75, 3.05) is 37.6 Å². The highest BCUT2D eigenvalue weighted by Crippen LogP contribution is 2.41. The first-order chi connectivity index (χ1) is 16.9. The van der Waals surface area contributed by atoms with Crippen molar-refractivity contribution in [3.8, 4) is 0 Å². The molecule has 0 aliphatic carbocycles. The van der Waals surface area contributed by atoms with Crippen molar-refractivity contribution in [2.24, 2.45) is 11.8 Å². The van der Waals surface area contributed by atoms with Crippen LogP contribution >= 0.6 is 11.8 Å². The van der Waals surface area contributed by atoms with Crippen LogP contribution in [0.5, 0.6) is 0 Å². The predicted octanol–water partition coefficient (Wildman–Crippen LogP) is 5.21. The van der Waals surface area contributed by atoms with Gasteiger partial charge in [0.15, 0.2) is 0 Å². The Morgan fingerprint density at radius 3 is 2.51 bits per heavy atom. The largest absolute Gasteiger partial charge is 0.355 e. The molecule has 1 saturated heterocycles. The monoisotopic (exact) mass is 491 g/mol. The van der Waals surface area contributed by atoms with Crippen molar-refractivity contribution in [3.05, 3.63) is 64.6 Å². The zero-order valence-electron chi connectivity index (χ0n) is 21.1. The minimum Gasteiger partial charge on any atom is -0.355 e. The van der Waals surface area contributed by atoms with Crippen molar-refractivity contribution >= 4 is 35.3 Å². The molecule has 0 bridgehead atoms. The van der Waals surface area contributed by atoms with Crippen molar-refractivity contribution in [2.45, 2.75) is 44.9 Å². The number of likely N-dealkylation sites (tertiary alicyclic amines) is 1. The Kier molecular flexibility index (Phi) is 8.69. The van der Waals surface area contributed by atoms with E-state index in [1.807, 2.05) is 42.5 Å². The number of carbonyl (C=O) groups excluding carboxylic acids is 2. The van der Waals surface area contributed by atoms with Crippen LogP contribution in [0.25, 0.3) is 6.08 Å². The normalized spacial score (nSPS) is 21.7. The second-order valence-corrected chi connectivity index (χ2v) is 11.1. The van der Waals surface area contributed by atoms with Gasteiger partial charge in [-0.25, -0.2) is 0 Å². The number of thioether (sulfide) groups is 1. The molecular weight excluding hydrogens is 454 g/mol. The number of aryl methyl sites for hydroxylation is 1. The minimum atomic E-state index is -0.125. The van der Waals surface area contributed by atoms with Crippen LogP contribution in [0.2, 0.25) is 0 Å². The van der Waals surface area contributed by atoms with Gasteiger partial charge in [0.1, 0.15) is 6.54 Å². The topological polar surface area (TPSA) is 52.7 Å². The van der Waals surface area contributed by atoms with Gasteiger partial charge in [0, 0.05) is 24.5 Å². The van der Waals surface area contributed by atoms with E-state index in [1.54, 1.807) is 4.90 Å². The van der Waals surface area contributed by atoms with E-state index in [9.17, 15) is 9.59 Å². The lowest BCUT2D eigenvalue weighted by Crippen LogP contribution is -2.43. The molecule has 0 radical (unpaired) electrons. The summed E-state index contributed by atoms with van der Waals surface area (Å²) >= 11 is 1.47. The summed E-state index contributed by atoms with van der Waals surface area (Å²) < 4.78 is 0. The molecule has 4 rings (SSSR count). The number of fused-ring (bicyclic) bond motifs is 1. The molecule has 0 aromatic heterocycles. The van der Waals surface area contributed by atoms with Crippen LogP contribution in [0.3, 0.4) is 0 Å². The fraction of sp³-hybridized carbons (Fsp3) is 0.448. The van der Waals surface area contributed by atoms with Crippen LogP contribution in [0.1, 0.15) is 44.7 Å². The number of amides is 2. The summed E-state index contributed by atoms with van der Waals surface area (Å²) in [5, 5.41) is 3.03. The summed E-state index contributed by atoms with van der Waals surface area (Å²) in [5.74, 6) is 1.23. The molecular formula is C29H37N3O2S. The van der Waals surface area contributed by atoms with Crippen molar-refractivity contribution < 1.29 is 9.59 Å². The van der Waals surface area contributed by atoms with Crippen LogP contribution in [-0.2, 0) is 16.0 Å². The molecule has 0 spiro atoms. The van der Waals surface area contributed by atoms with Crippen LogP contribution in [0.15, 0.2) is 58.3 Å². The van der Waals surface area contributed by atoms with E-state index in [2.05, 4.69) is 43.1 Å². The van der Waals surface area contributed by atoms with Gasteiger partial charge < -0.3 is 10.2 Å². The Hall–Kier alpha value is -2.57. The second kappa shape index (κ2) is 11.9.